The summed E-state index contributed by atoms with van der Waals surface area (Å²) in [4.78, 5) is 13.2. The molecule has 2 fully saturated rings. The summed E-state index contributed by atoms with van der Waals surface area (Å²) in [6.07, 6.45) is 43.2. The predicted molar refractivity (Wildman–Crippen MR) is 304 cm³/mol. The predicted octanol–water partition coefficient (Wildman–Crippen LogP) is 10.8. The molecule has 2 heterocycles. The molecule has 0 aliphatic carbocycles. The molecule has 14 nitrogen and oxygen atoms in total. The van der Waals surface area contributed by atoms with Crippen LogP contribution in [0, 0.1) is 0 Å². The first kappa shape index (κ1) is 70.1. The highest BCUT2D eigenvalue weighted by atomic mass is 16.7. The zero-order valence-corrected chi connectivity index (χ0v) is 47.7. The van der Waals surface area contributed by atoms with Crippen molar-refractivity contribution in [3.8, 4) is 0 Å². The smallest absolute Gasteiger partial charge is 0.220 e. The summed E-state index contributed by atoms with van der Waals surface area (Å²) in [6.45, 7) is 2.74. The number of hydrogen-bond donors (Lipinski definition) is 9. The molecule has 1 amide bonds. The van der Waals surface area contributed by atoms with Crippen molar-refractivity contribution < 1.29 is 64.6 Å². The van der Waals surface area contributed by atoms with Gasteiger partial charge in [-0.3, -0.25) is 4.79 Å². The molecule has 76 heavy (non-hydrogen) atoms. The van der Waals surface area contributed by atoms with Crippen LogP contribution in [0.3, 0.4) is 0 Å². The summed E-state index contributed by atoms with van der Waals surface area (Å²) in [5, 5.41) is 87.0. The van der Waals surface area contributed by atoms with Crippen molar-refractivity contribution in [2.75, 3.05) is 19.8 Å². The zero-order chi connectivity index (χ0) is 55.3. The van der Waals surface area contributed by atoms with E-state index in [4.69, 9.17) is 18.9 Å². The Balaban J connectivity index is 1.68. The summed E-state index contributed by atoms with van der Waals surface area (Å²) in [5.74, 6) is -0.252. The minimum atomic E-state index is -1.79. The van der Waals surface area contributed by atoms with Crippen molar-refractivity contribution >= 4 is 5.91 Å². The summed E-state index contributed by atoms with van der Waals surface area (Å²) in [5.41, 5.74) is 0. The molecule has 2 rings (SSSR count). The Kier molecular flexibility index (Phi) is 44.0. The quantitative estimate of drug-likeness (QED) is 0.0204. The standard InChI is InChI=1S/C62H113NO13/c1-3-5-7-9-11-13-15-17-18-19-20-21-22-23-24-25-26-27-28-29-30-31-32-34-36-38-40-42-44-46-54(67)63-50(51(66)45-43-41-39-37-35-33-16-14-12-10-8-6-4-2)49-73-61-59(72)57(70)60(53(48-65)75-61)76-62-58(71)56(69)55(68)52(47-64)74-62/h12,14,19-20,35,37,43,45,50-53,55-62,64-66,68-72H,3-11,13,15-18,21-34,36,38-42,44,46-49H2,1-2H3,(H,63,67)/b14-12+,20-19-,37-35+,45-43+. The van der Waals surface area contributed by atoms with Crippen molar-refractivity contribution in [1.82, 2.24) is 5.32 Å². The zero-order valence-electron chi connectivity index (χ0n) is 47.7. The Labute approximate surface area is 461 Å². The van der Waals surface area contributed by atoms with E-state index in [0.29, 0.717) is 12.8 Å². The molecule has 0 aromatic heterocycles. The highest BCUT2D eigenvalue weighted by molar-refractivity contribution is 5.76. The van der Waals surface area contributed by atoms with E-state index >= 15 is 0 Å². The van der Waals surface area contributed by atoms with E-state index < -0.39 is 86.8 Å². The van der Waals surface area contributed by atoms with Crippen LogP contribution in [-0.2, 0) is 23.7 Å². The molecule has 14 heteroatoms. The van der Waals surface area contributed by atoms with Gasteiger partial charge in [0.25, 0.3) is 0 Å². The summed E-state index contributed by atoms with van der Waals surface area (Å²) >= 11 is 0. The maximum atomic E-state index is 13.2. The van der Waals surface area contributed by atoms with Crippen molar-refractivity contribution in [1.29, 1.82) is 0 Å². The third kappa shape index (κ3) is 32.9. The van der Waals surface area contributed by atoms with Gasteiger partial charge in [0, 0.05) is 6.42 Å². The molecule has 12 unspecified atom stereocenters. The molecule has 0 radical (unpaired) electrons. The van der Waals surface area contributed by atoms with Crippen LogP contribution in [-0.4, -0.2) is 140 Å². The minimum absolute atomic E-state index is 0.252. The second kappa shape index (κ2) is 47.7. The highest BCUT2D eigenvalue weighted by Gasteiger charge is 2.51. The molecule has 2 saturated heterocycles. The van der Waals surface area contributed by atoms with Gasteiger partial charge in [0.05, 0.1) is 32.0 Å². The number of nitrogens with one attached hydrogen (secondary N) is 1. The van der Waals surface area contributed by atoms with Gasteiger partial charge in [0.15, 0.2) is 12.6 Å². The first-order chi connectivity index (χ1) is 37.1. The molecule has 2 aliphatic rings. The molecule has 0 spiro atoms. The monoisotopic (exact) mass is 1080 g/mol. The number of unbranched alkanes of at least 4 members (excludes halogenated alkanes) is 30. The van der Waals surface area contributed by atoms with Gasteiger partial charge in [0.2, 0.25) is 5.91 Å². The fourth-order valence-corrected chi connectivity index (χ4v) is 9.97. The van der Waals surface area contributed by atoms with Crippen LogP contribution in [0.4, 0.5) is 0 Å². The number of carbonyl (C=O) groups excluding carboxylic acids is 1. The van der Waals surface area contributed by atoms with E-state index in [0.717, 1.165) is 44.9 Å². The Bertz CT molecular complexity index is 1460. The van der Waals surface area contributed by atoms with E-state index in [1.165, 1.54) is 167 Å². The number of amides is 1. The maximum absolute atomic E-state index is 13.2. The van der Waals surface area contributed by atoms with Gasteiger partial charge in [-0.25, -0.2) is 0 Å². The van der Waals surface area contributed by atoms with Gasteiger partial charge in [-0.15, -0.1) is 0 Å². The minimum Gasteiger partial charge on any atom is -0.394 e. The lowest BCUT2D eigenvalue weighted by Crippen LogP contribution is -2.65. The Morgan fingerprint density at radius 2 is 0.842 bits per heavy atom. The van der Waals surface area contributed by atoms with Gasteiger partial charge in [-0.05, 0) is 70.6 Å². The van der Waals surface area contributed by atoms with Gasteiger partial charge in [-0.1, -0.05) is 217 Å². The molecule has 444 valence electrons. The van der Waals surface area contributed by atoms with Gasteiger partial charge >= 0.3 is 0 Å². The average Bonchev–Trinajstić information content (AvgIpc) is 3.42. The van der Waals surface area contributed by atoms with Gasteiger partial charge < -0.3 is 65.1 Å². The number of allylic oxidation sites excluding steroid dienone is 7. The van der Waals surface area contributed by atoms with Crippen molar-refractivity contribution in [3.05, 3.63) is 48.6 Å². The lowest BCUT2D eigenvalue weighted by atomic mass is 9.97. The lowest BCUT2D eigenvalue weighted by Gasteiger charge is -2.46. The molecule has 12 atom stereocenters. The third-order valence-electron chi connectivity index (χ3n) is 15.0. The number of rotatable bonds is 49. The van der Waals surface area contributed by atoms with Crippen LogP contribution in [0.2, 0.25) is 0 Å². The topological polar surface area (TPSA) is 228 Å². The van der Waals surface area contributed by atoms with Crippen LogP contribution >= 0.6 is 0 Å². The van der Waals surface area contributed by atoms with E-state index in [2.05, 4.69) is 55.6 Å². The second-order valence-corrected chi connectivity index (χ2v) is 21.8. The molecule has 2 aliphatic heterocycles. The number of ether oxygens (including phenoxy) is 4. The Hall–Kier alpha value is -2.05. The third-order valence-corrected chi connectivity index (χ3v) is 15.0. The van der Waals surface area contributed by atoms with E-state index in [1.807, 2.05) is 6.08 Å². The normalized spacial score (nSPS) is 25.2. The molecular formula is C62H113NO13. The van der Waals surface area contributed by atoms with Crippen LogP contribution in [0.1, 0.15) is 245 Å². The fourth-order valence-electron chi connectivity index (χ4n) is 9.97. The highest BCUT2D eigenvalue weighted by Crippen LogP contribution is 2.30. The van der Waals surface area contributed by atoms with Gasteiger partial charge in [0.1, 0.15) is 48.8 Å². The van der Waals surface area contributed by atoms with Crippen LogP contribution < -0.4 is 5.32 Å². The molecule has 0 aromatic carbocycles. The van der Waals surface area contributed by atoms with Crippen molar-refractivity contribution in [3.63, 3.8) is 0 Å². The lowest BCUT2D eigenvalue weighted by molar-refractivity contribution is -0.359. The summed E-state index contributed by atoms with van der Waals surface area (Å²) < 4.78 is 22.7. The molecule has 0 aromatic rings. The molecule has 0 saturated carbocycles. The number of aliphatic hydroxyl groups is 8. The Morgan fingerprint density at radius 3 is 1.32 bits per heavy atom. The van der Waals surface area contributed by atoms with Crippen LogP contribution in [0.5, 0.6) is 0 Å². The van der Waals surface area contributed by atoms with E-state index in [9.17, 15) is 45.6 Å². The van der Waals surface area contributed by atoms with E-state index in [1.54, 1.807) is 6.08 Å². The first-order valence-corrected chi connectivity index (χ1v) is 30.9. The maximum Gasteiger partial charge on any atom is 0.220 e. The second-order valence-electron chi connectivity index (χ2n) is 21.8. The molecule has 9 N–H and O–H groups in total. The number of aliphatic hydroxyl groups excluding tert-OH is 8. The number of carbonyl (C=O) groups is 1. The van der Waals surface area contributed by atoms with Gasteiger partial charge in [-0.2, -0.15) is 0 Å². The number of hydrogen-bond acceptors (Lipinski definition) is 13. The van der Waals surface area contributed by atoms with Crippen molar-refractivity contribution in [2.24, 2.45) is 0 Å². The van der Waals surface area contributed by atoms with Crippen molar-refractivity contribution in [2.45, 2.75) is 319 Å². The average molecular weight is 1080 g/mol. The SMILES string of the molecule is CCCCC/C=C/CC/C=C/CC/C=C/C(O)C(COC1OC(CO)C(OC2OC(CO)C(O)C(O)C2O)C(O)C1O)NC(=O)CCCCCCCCCCCCCCCCCCC/C=C\CCCCCCCCCC. The first-order valence-electron chi connectivity index (χ1n) is 30.9. The summed E-state index contributed by atoms with van der Waals surface area (Å²) in [6, 6.07) is -0.936. The van der Waals surface area contributed by atoms with Crippen LogP contribution in [0.15, 0.2) is 48.6 Å². The van der Waals surface area contributed by atoms with E-state index in [-0.39, 0.29) is 18.9 Å². The summed E-state index contributed by atoms with van der Waals surface area (Å²) in [7, 11) is 0. The Morgan fingerprint density at radius 1 is 0.461 bits per heavy atom. The largest absolute Gasteiger partial charge is 0.394 e. The molecule has 0 bridgehead atoms. The van der Waals surface area contributed by atoms with Crippen LogP contribution in [0.25, 0.3) is 0 Å². The molecular weight excluding hydrogens is 967 g/mol. The fraction of sp³-hybridized carbons (Fsp3) is 0.855.